The Bertz CT molecular complexity index is 1660. The number of thiazole rings is 1. The Morgan fingerprint density at radius 1 is 1.20 bits per heavy atom. The van der Waals surface area contributed by atoms with E-state index in [0.29, 0.717) is 16.9 Å². The van der Waals surface area contributed by atoms with Crippen molar-refractivity contribution in [2.45, 2.75) is 29.3 Å². The monoisotopic (exact) mass is 708 g/mol. The number of fused-ring (bicyclic) bond motifs is 1. The first-order valence-corrected chi connectivity index (χ1v) is 15.1. The van der Waals surface area contributed by atoms with Gasteiger partial charge in [-0.2, -0.15) is 13.2 Å². The molecule has 2 aromatic rings. The van der Waals surface area contributed by atoms with Gasteiger partial charge < -0.3 is 25.2 Å². The summed E-state index contributed by atoms with van der Waals surface area (Å²) in [6, 6.07) is -1.21. The number of carboxylic acid groups (broad SMARTS) is 2. The van der Waals surface area contributed by atoms with Gasteiger partial charge in [0, 0.05) is 16.9 Å². The first-order chi connectivity index (χ1) is 21.8. The summed E-state index contributed by atoms with van der Waals surface area (Å²) >= 11 is 2.69. The first kappa shape index (κ1) is 34.1. The van der Waals surface area contributed by atoms with Gasteiger partial charge in [0.25, 0.3) is 11.8 Å². The van der Waals surface area contributed by atoms with Crippen molar-refractivity contribution in [2.75, 3.05) is 31.0 Å². The van der Waals surface area contributed by atoms with Crippen molar-refractivity contribution in [1.29, 1.82) is 0 Å². The van der Waals surface area contributed by atoms with Gasteiger partial charge in [0.2, 0.25) is 5.16 Å². The van der Waals surface area contributed by atoms with E-state index in [4.69, 9.17) is 0 Å². The number of oxime groups is 2. The van der Waals surface area contributed by atoms with E-state index in [1.807, 2.05) is 0 Å². The van der Waals surface area contributed by atoms with E-state index >= 15 is 0 Å². The molecule has 2 atom stereocenters. The number of hydrogen-bond donors (Lipinski definition) is 4. The Morgan fingerprint density at radius 3 is 2.54 bits per heavy atom. The maximum Gasteiger partial charge on any atom is 0.471 e. The quantitative estimate of drug-likeness (QED) is 0.0894. The minimum Gasteiger partial charge on any atom is -0.477 e. The van der Waals surface area contributed by atoms with Crippen molar-refractivity contribution < 1.29 is 57.0 Å². The van der Waals surface area contributed by atoms with Crippen LogP contribution in [0, 0.1) is 0 Å². The second-order valence-electron chi connectivity index (χ2n) is 8.66. The Hall–Kier alpha value is -4.78. The van der Waals surface area contributed by atoms with Crippen LogP contribution in [0.1, 0.15) is 5.69 Å². The fourth-order valence-electron chi connectivity index (χ4n) is 3.85. The lowest BCUT2D eigenvalue weighted by Crippen LogP contribution is -2.71. The molecule has 0 radical (unpaired) electrons. The molecular weight excluding hydrogens is 689 g/mol. The third kappa shape index (κ3) is 7.36. The maximum absolute atomic E-state index is 13.1. The minimum atomic E-state index is -5.18. The van der Waals surface area contributed by atoms with Crippen LogP contribution in [0.3, 0.4) is 0 Å². The SMILES string of the molecule is CON=C(Cn1nnnc1SCC1=C(C(=O)O)N2C(=O)C(NC(=O)C(=NOC)c3csc(NC(=O)C(F)(F)F)n3)[C@@H]2SC1)C(=O)O. The molecule has 1 saturated heterocycles. The molecule has 2 aliphatic rings. The summed E-state index contributed by atoms with van der Waals surface area (Å²) in [5, 5.41) is 41.0. The number of nitrogens with zero attached hydrogens (tertiary/aromatic N) is 8. The van der Waals surface area contributed by atoms with Gasteiger partial charge in [0.1, 0.15) is 37.0 Å². The fraction of sp³-hybridized carbons (Fsp3) is 0.381. The van der Waals surface area contributed by atoms with Crippen LogP contribution >= 0.6 is 34.9 Å². The van der Waals surface area contributed by atoms with Gasteiger partial charge in [-0.3, -0.25) is 24.6 Å². The number of carbonyl (C=O) groups is 5. The summed E-state index contributed by atoms with van der Waals surface area (Å²) in [6.45, 7) is -0.356. The number of amides is 3. The van der Waals surface area contributed by atoms with Crippen molar-refractivity contribution in [1.82, 2.24) is 35.4 Å². The molecule has 0 aromatic carbocycles. The van der Waals surface area contributed by atoms with Crippen LogP contribution < -0.4 is 10.6 Å². The third-order valence-electron chi connectivity index (χ3n) is 5.78. The van der Waals surface area contributed by atoms with E-state index in [0.717, 1.165) is 52.7 Å². The number of alkyl halides is 3. The summed E-state index contributed by atoms with van der Waals surface area (Å²) in [6.07, 6.45) is -5.18. The average molecular weight is 709 g/mol. The normalized spacial score (nSPS) is 18.5. The molecule has 0 bridgehead atoms. The Kier molecular flexibility index (Phi) is 10.5. The number of β-lactam (4-membered cyclic amide) rings is 1. The highest BCUT2D eigenvalue weighted by molar-refractivity contribution is 8.01. The van der Waals surface area contributed by atoms with Gasteiger partial charge in [-0.15, -0.1) is 28.2 Å². The van der Waals surface area contributed by atoms with Crippen LogP contribution in [0.15, 0.2) is 32.1 Å². The van der Waals surface area contributed by atoms with Crippen molar-refractivity contribution in [3.8, 4) is 0 Å². The number of carbonyl (C=O) groups excluding carboxylic acids is 3. The highest BCUT2D eigenvalue weighted by Crippen LogP contribution is 2.41. The Balaban J connectivity index is 1.45. The van der Waals surface area contributed by atoms with Crippen LogP contribution in [-0.2, 0) is 40.2 Å². The molecule has 4 N–H and O–H groups in total. The van der Waals surface area contributed by atoms with E-state index in [-0.39, 0.29) is 34.6 Å². The average Bonchev–Trinajstić information content (AvgIpc) is 3.65. The predicted molar refractivity (Wildman–Crippen MR) is 151 cm³/mol. The number of hydrogen-bond acceptors (Lipinski definition) is 16. The molecule has 0 spiro atoms. The van der Waals surface area contributed by atoms with Gasteiger partial charge in [0.05, 0.1) is 6.54 Å². The van der Waals surface area contributed by atoms with Crippen molar-refractivity contribution >= 4 is 81.1 Å². The molecule has 2 aliphatic heterocycles. The van der Waals surface area contributed by atoms with Crippen molar-refractivity contribution in [3.63, 3.8) is 0 Å². The van der Waals surface area contributed by atoms with Crippen LogP contribution in [0.25, 0.3) is 0 Å². The highest BCUT2D eigenvalue weighted by Gasteiger charge is 2.54. The number of carboxylic acids is 2. The molecular formula is C21H19F3N10O9S3. The first-order valence-electron chi connectivity index (χ1n) is 12.1. The molecule has 1 unspecified atom stereocenters. The lowest BCUT2D eigenvalue weighted by atomic mass is 10.0. The lowest BCUT2D eigenvalue weighted by Gasteiger charge is -2.49. The van der Waals surface area contributed by atoms with Gasteiger partial charge in [0.15, 0.2) is 16.6 Å². The largest absolute Gasteiger partial charge is 0.477 e. The minimum absolute atomic E-state index is 0.00591. The number of thioether (sulfide) groups is 2. The zero-order valence-corrected chi connectivity index (χ0v) is 25.5. The molecule has 19 nitrogen and oxygen atoms in total. The zero-order chi connectivity index (χ0) is 33.8. The standard InChI is InChI=1S/C21H19F3N10O9S3/c1-42-29-8(16(37)38)3-33-20(28-31-32-33)46-5-7-4-44-15-11(14(36)34(15)12(7)17(39)40)26-13(35)10(30-43-2)9-6-45-19(25-9)27-18(41)21(22,23)24/h6,11,15H,3-5H2,1-2H3,(H,26,35)(H,37,38)(H,39,40)(H,25,27,41)/t11?,15-/m0/s1. The van der Waals surface area contributed by atoms with Crippen LogP contribution in [0.5, 0.6) is 0 Å². The molecule has 1 fully saturated rings. The number of anilines is 1. The molecule has 246 valence electrons. The van der Waals surface area contributed by atoms with Gasteiger partial charge in [-0.1, -0.05) is 22.1 Å². The van der Waals surface area contributed by atoms with E-state index in [1.165, 1.54) is 0 Å². The van der Waals surface area contributed by atoms with Crippen molar-refractivity contribution in [3.05, 3.63) is 22.3 Å². The molecule has 25 heteroatoms. The van der Waals surface area contributed by atoms with E-state index in [2.05, 4.69) is 45.8 Å². The molecule has 4 heterocycles. The number of aromatic nitrogens is 5. The summed E-state index contributed by atoms with van der Waals surface area (Å²) in [4.78, 5) is 74.8. The maximum atomic E-state index is 13.1. The van der Waals surface area contributed by atoms with Gasteiger partial charge in [-0.25, -0.2) is 19.3 Å². The Morgan fingerprint density at radius 2 is 1.91 bits per heavy atom. The third-order valence-corrected chi connectivity index (χ3v) is 8.92. The summed E-state index contributed by atoms with van der Waals surface area (Å²) in [5.41, 5.74) is -1.21. The summed E-state index contributed by atoms with van der Waals surface area (Å²) in [5.74, 6) is -6.75. The summed E-state index contributed by atoms with van der Waals surface area (Å²) in [7, 11) is 2.24. The summed E-state index contributed by atoms with van der Waals surface area (Å²) < 4.78 is 38.8. The van der Waals surface area contributed by atoms with Crippen LogP contribution in [0.2, 0.25) is 0 Å². The fourth-order valence-corrected chi connectivity index (χ4v) is 6.90. The van der Waals surface area contributed by atoms with Crippen LogP contribution in [0.4, 0.5) is 18.3 Å². The molecule has 4 rings (SSSR count). The molecule has 2 aromatic heterocycles. The number of tetrazole rings is 1. The predicted octanol–water partition coefficient (Wildman–Crippen LogP) is -0.401. The second-order valence-corrected chi connectivity index (χ2v) is 11.6. The highest BCUT2D eigenvalue weighted by atomic mass is 32.2. The van der Waals surface area contributed by atoms with E-state index in [9.17, 15) is 47.4 Å². The number of aliphatic carboxylic acids is 2. The number of halogens is 3. The zero-order valence-electron chi connectivity index (χ0n) is 23.0. The van der Waals surface area contributed by atoms with E-state index in [1.54, 1.807) is 5.32 Å². The topological polar surface area (TPSA) is 253 Å². The number of rotatable bonds is 13. The number of nitrogens with one attached hydrogen (secondary N) is 2. The van der Waals surface area contributed by atoms with Gasteiger partial charge in [-0.05, 0) is 16.0 Å². The van der Waals surface area contributed by atoms with Crippen LogP contribution in [-0.4, -0.2) is 125 Å². The smallest absolute Gasteiger partial charge is 0.471 e. The Labute approximate surface area is 266 Å². The second kappa shape index (κ2) is 14.1. The molecule has 0 saturated carbocycles. The van der Waals surface area contributed by atoms with Crippen molar-refractivity contribution in [2.24, 2.45) is 10.3 Å². The lowest BCUT2D eigenvalue weighted by molar-refractivity contribution is -0.167. The van der Waals surface area contributed by atoms with Gasteiger partial charge >= 0.3 is 24.0 Å². The molecule has 46 heavy (non-hydrogen) atoms. The molecule has 0 aliphatic carbocycles. The molecule has 3 amide bonds. The van der Waals surface area contributed by atoms with E-state index < -0.39 is 63.8 Å².